The minimum atomic E-state index is 0.0968. The average molecular weight is 206 g/mol. The van der Waals surface area contributed by atoms with Gasteiger partial charge in [0.15, 0.2) is 0 Å². The van der Waals surface area contributed by atoms with Crippen LogP contribution in [-0.2, 0) is 0 Å². The second-order valence-corrected chi connectivity index (χ2v) is 4.57. The number of hydrogen-bond donors (Lipinski definition) is 0. The van der Waals surface area contributed by atoms with Gasteiger partial charge in [-0.05, 0) is 25.3 Å². The van der Waals surface area contributed by atoms with Crippen molar-refractivity contribution in [1.82, 2.24) is 0 Å². The lowest BCUT2D eigenvalue weighted by Crippen LogP contribution is -2.15. The zero-order valence-electron chi connectivity index (χ0n) is 10.9. The van der Waals surface area contributed by atoms with Crippen molar-refractivity contribution in [1.29, 1.82) is 0 Å². The van der Waals surface area contributed by atoms with Crippen LogP contribution in [0.1, 0.15) is 53.4 Å². The third-order valence-electron chi connectivity index (χ3n) is 3.15. The van der Waals surface area contributed by atoms with E-state index in [1.54, 1.807) is 0 Å². The Morgan fingerprint density at radius 3 is 2.27 bits per heavy atom. The minimum Gasteiger partial charge on any atom is -0.0958 e. The van der Waals surface area contributed by atoms with Crippen LogP contribution < -0.4 is 0 Å². The van der Waals surface area contributed by atoms with Gasteiger partial charge < -0.3 is 0 Å². The van der Waals surface area contributed by atoms with Crippen molar-refractivity contribution in [2.45, 2.75) is 53.4 Å². The molecule has 0 heterocycles. The van der Waals surface area contributed by atoms with E-state index >= 15 is 0 Å². The van der Waals surface area contributed by atoms with Gasteiger partial charge in [0.2, 0.25) is 0 Å². The Labute approximate surface area is 95.8 Å². The van der Waals surface area contributed by atoms with Gasteiger partial charge in [0, 0.05) is 5.41 Å². The molecule has 0 amide bonds. The average Bonchev–Trinajstić information content (AvgIpc) is 2.23. The Bertz CT molecular complexity index is 245. The molecule has 0 spiro atoms. The van der Waals surface area contributed by atoms with Crippen molar-refractivity contribution < 1.29 is 0 Å². The van der Waals surface area contributed by atoms with E-state index in [1.165, 1.54) is 19.3 Å². The lowest BCUT2D eigenvalue weighted by atomic mass is 9.77. The van der Waals surface area contributed by atoms with Gasteiger partial charge in [-0.3, -0.25) is 0 Å². The standard InChI is InChI=1S/C15H26/c1-7-9-10-11-12-15(6,8-2)14(5)13(3)4/h11-12H,3,5,7-10H2,1-2,4,6H3. The summed E-state index contributed by atoms with van der Waals surface area (Å²) in [5.41, 5.74) is 2.36. The van der Waals surface area contributed by atoms with E-state index in [2.05, 4.69) is 46.1 Å². The molecule has 15 heavy (non-hydrogen) atoms. The first-order valence-electron chi connectivity index (χ1n) is 6.01. The van der Waals surface area contributed by atoms with E-state index in [0.717, 1.165) is 17.6 Å². The molecule has 0 rings (SSSR count). The lowest BCUT2D eigenvalue weighted by Gasteiger charge is -2.27. The maximum Gasteiger partial charge on any atom is 0.00975 e. The van der Waals surface area contributed by atoms with Crippen LogP contribution in [0.4, 0.5) is 0 Å². The summed E-state index contributed by atoms with van der Waals surface area (Å²) in [7, 11) is 0. The zero-order valence-corrected chi connectivity index (χ0v) is 10.9. The summed E-state index contributed by atoms with van der Waals surface area (Å²) in [6, 6.07) is 0. The minimum absolute atomic E-state index is 0.0968. The maximum atomic E-state index is 4.15. The first-order valence-corrected chi connectivity index (χ1v) is 6.01. The van der Waals surface area contributed by atoms with Crippen molar-refractivity contribution in [2.24, 2.45) is 5.41 Å². The molecule has 0 aliphatic carbocycles. The molecule has 0 saturated heterocycles. The number of rotatable bonds is 7. The summed E-state index contributed by atoms with van der Waals surface area (Å²) in [4.78, 5) is 0. The second kappa shape index (κ2) is 6.66. The summed E-state index contributed by atoms with van der Waals surface area (Å²) in [6.07, 6.45) is 9.39. The van der Waals surface area contributed by atoms with E-state index in [9.17, 15) is 0 Å². The van der Waals surface area contributed by atoms with Crippen LogP contribution in [0.3, 0.4) is 0 Å². The van der Waals surface area contributed by atoms with Crippen molar-refractivity contribution in [3.05, 3.63) is 36.5 Å². The molecule has 1 unspecified atom stereocenters. The molecule has 0 heteroatoms. The topological polar surface area (TPSA) is 0 Å². The third kappa shape index (κ3) is 4.51. The van der Waals surface area contributed by atoms with Crippen molar-refractivity contribution in [3.63, 3.8) is 0 Å². The molecule has 0 aliphatic heterocycles. The number of unbranched alkanes of at least 4 members (excludes halogenated alkanes) is 2. The van der Waals surface area contributed by atoms with Gasteiger partial charge in [-0.25, -0.2) is 0 Å². The van der Waals surface area contributed by atoms with Crippen LogP contribution in [0.2, 0.25) is 0 Å². The lowest BCUT2D eigenvalue weighted by molar-refractivity contribution is 0.500. The Balaban J connectivity index is 4.50. The summed E-state index contributed by atoms with van der Waals surface area (Å²) in [5.74, 6) is 0. The number of hydrogen-bond acceptors (Lipinski definition) is 0. The van der Waals surface area contributed by atoms with Gasteiger partial charge in [-0.15, -0.1) is 0 Å². The predicted molar refractivity (Wildman–Crippen MR) is 71.0 cm³/mol. The predicted octanol–water partition coefficient (Wildman–Crippen LogP) is 5.28. The first-order chi connectivity index (χ1) is 6.98. The molecule has 0 aromatic carbocycles. The quantitative estimate of drug-likeness (QED) is 0.302. The molecule has 0 radical (unpaired) electrons. The molecule has 0 aromatic heterocycles. The molecular weight excluding hydrogens is 180 g/mol. The van der Waals surface area contributed by atoms with E-state index in [-0.39, 0.29) is 5.41 Å². The van der Waals surface area contributed by atoms with Crippen LogP contribution in [0.5, 0.6) is 0 Å². The zero-order chi connectivity index (χ0) is 11.9. The Morgan fingerprint density at radius 1 is 1.27 bits per heavy atom. The van der Waals surface area contributed by atoms with Crippen LogP contribution in [0.25, 0.3) is 0 Å². The van der Waals surface area contributed by atoms with Crippen LogP contribution in [0.15, 0.2) is 36.5 Å². The largest absolute Gasteiger partial charge is 0.0958 e. The van der Waals surface area contributed by atoms with Gasteiger partial charge >= 0.3 is 0 Å². The highest BCUT2D eigenvalue weighted by Crippen LogP contribution is 2.35. The normalized spacial score (nSPS) is 15.2. The highest BCUT2D eigenvalue weighted by atomic mass is 14.3. The second-order valence-electron chi connectivity index (χ2n) is 4.57. The fourth-order valence-corrected chi connectivity index (χ4v) is 1.58. The molecule has 0 N–H and O–H groups in total. The van der Waals surface area contributed by atoms with Gasteiger partial charge in [-0.2, -0.15) is 0 Å². The molecule has 0 nitrogen and oxygen atoms in total. The smallest absolute Gasteiger partial charge is 0.00975 e. The molecule has 86 valence electrons. The molecule has 0 bridgehead atoms. The summed E-state index contributed by atoms with van der Waals surface area (Å²) in [6.45, 7) is 16.8. The van der Waals surface area contributed by atoms with Gasteiger partial charge in [0.25, 0.3) is 0 Å². The Kier molecular flexibility index (Phi) is 6.31. The monoisotopic (exact) mass is 206 g/mol. The van der Waals surface area contributed by atoms with E-state index in [0.29, 0.717) is 0 Å². The number of allylic oxidation sites excluding steroid dienone is 4. The summed E-state index contributed by atoms with van der Waals surface area (Å²) < 4.78 is 0. The highest BCUT2D eigenvalue weighted by Gasteiger charge is 2.22. The molecule has 0 aromatic rings. The van der Waals surface area contributed by atoms with E-state index in [1.807, 2.05) is 6.92 Å². The molecule has 1 atom stereocenters. The summed E-state index contributed by atoms with van der Waals surface area (Å²) in [5, 5.41) is 0. The van der Waals surface area contributed by atoms with E-state index < -0.39 is 0 Å². The van der Waals surface area contributed by atoms with Gasteiger partial charge in [0.05, 0.1) is 0 Å². The SMILES string of the molecule is C=C(C)C(=C)C(C)(C=CCCCC)CC. The Morgan fingerprint density at radius 2 is 1.87 bits per heavy atom. The van der Waals surface area contributed by atoms with Gasteiger partial charge in [-0.1, -0.05) is 64.5 Å². The van der Waals surface area contributed by atoms with Gasteiger partial charge in [0.1, 0.15) is 0 Å². The fourth-order valence-electron chi connectivity index (χ4n) is 1.58. The Hall–Kier alpha value is -0.780. The molecule has 0 saturated carbocycles. The van der Waals surface area contributed by atoms with E-state index in [4.69, 9.17) is 0 Å². The molecular formula is C15H26. The van der Waals surface area contributed by atoms with Crippen molar-refractivity contribution in [2.75, 3.05) is 0 Å². The van der Waals surface area contributed by atoms with Crippen LogP contribution >= 0.6 is 0 Å². The first kappa shape index (κ1) is 14.2. The molecule has 0 fully saturated rings. The van der Waals surface area contributed by atoms with Crippen LogP contribution in [-0.4, -0.2) is 0 Å². The maximum absolute atomic E-state index is 4.15. The van der Waals surface area contributed by atoms with Crippen molar-refractivity contribution >= 4 is 0 Å². The fraction of sp³-hybridized carbons (Fsp3) is 0.600. The van der Waals surface area contributed by atoms with Crippen molar-refractivity contribution in [3.8, 4) is 0 Å². The molecule has 0 aliphatic rings. The summed E-state index contributed by atoms with van der Waals surface area (Å²) >= 11 is 0. The van der Waals surface area contributed by atoms with Crippen LogP contribution in [0, 0.1) is 5.41 Å². The third-order valence-corrected chi connectivity index (χ3v) is 3.15. The highest BCUT2D eigenvalue weighted by molar-refractivity contribution is 5.33.